The number of hydrogen-bond donors (Lipinski definition) is 2. The van der Waals surface area contributed by atoms with Crippen molar-refractivity contribution in [3.8, 4) is 11.1 Å². The average molecular weight is 405 g/mol. The summed E-state index contributed by atoms with van der Waals surface area (Å²) in [6.07, 6.45) is -1.15. The number of hydrogen-bond acceptors (Lipinski definition) is 6. The minimum absolute atomic E-state index is 0.0210. The third-order valence-corrected chi connectivity index (χ3v) is 4.39. The van der Waals surface area contributed by atoms with Gasteiger partial charge in [-0.2, -0.15) is 0 Å². The fourth-order valence-electron chi connectivity index (χ4n) is 2.81. The van der Waals surface area contributed by atoms with E-state index < -0.39 is 22.9 Å². The number of carbonyl (C=O) groups excluding carboxylic acids is 2. The van der Waals surface area contributed by atoms with Crippen LogP contribution in [-0.4, -0.2) is 22.9 Å². The molecule has 3 rings (SSSR count). The second-order valence-electron chi connectivity index (χ2n) is 6.48. The predicted octanol–water partition coefficient (Wildman–Crippen LogP) is 4.03. The summed E-state index contributed by atoms with van der Waals surface area (Å²) in [4.78, 5) is 35.3. The zero-order valence-electron chi connectivity index (χ0n) is 16.1. The Morgan fingerprint density at radius 2 is 1.70 bits per heavy atom. The molecule has 0 unspecified atom stereocenters. The molecule has 8 nitrogen and oxygen atoms in total. The first-order chi connectivity index (χ1) is 14.4. The van der Waals surface area contributed by atoms with Gasteiger partial charge in [0.1, 0.15) is 0 Å². The van der Waals surface area contributed by atoms with Gasteiger partial charge >= 0.3 is 5.97 Å². The van der Waals surface area contributed by atoms with Crippen molar-refractivity contribution >= 4 is 28.9 Å². The molecule has 0 bridgehead atoms. The van der Waals surface area contributed by atoms with E-state index >= 15 is 0 Å². The zero-order valence-corrected chi connectivity index (χ0v) is 16.1. The average Bonchev–Trinajstić information content (AvgIpc) is 2.74. The van der Waals surface area contributed by atoms with Gasteiger partial charge in [0.25, 0.3) is 11.6 Å². The monoisotopic (exact) mass is 405 g/mol. The van der Waals surface area contributed by atoms with E-state index in [1.165, 1.54) is 19.1 Å². The van der Waals surface area contributed by atoms with E-state index in [-0.39, 0.29) is 16.9 Å². The van der Waals surface area contributed by atoms with Crippen molar-refractivity contribution in [1.29, 1.82) is 0 Å². The molecule has 0 spiro atoms. The van der Waals surface area contributed by atoms with Gasteiger partial charge in [0.2, 0.25) is 0 Å². The van der Waals surface area contributed by atoms with Crippen LogP contribution in [-0.2, 0) is 9.53 Å². The Hall–Kier alpha value is -4.20. The van der Waals surface area contributed by atoms with E-state index in [9.17, 15) is 19.7 Å². The predicted molar refractivity (Wildman–Crippen MR) is 113 cm³/mol. The standard InChI is InChI=1S/C22H19N3O5/c1-14(30-22(27)18-13-16(25(28)29)11-12-19(18)23)21(26)24-20-10-6-5-9-17(20)15-7-3-2-4-8-15/h2-14H,23H2,1H3,(H,24,26)/t14-/m0/s1. The third kappa shape index (κ3) is 4.61. The number of ether oxygens (including phenoxy) is 1. The van der Waals surface area contributed by atoms with E-state index in [0.29, 0.717) is 5.69 Å². The largest absolute Gasteiger partial charge is 0.449 e. The number of benzene rings is 3. The van der Waals surface area contributed by atoms with E-state index in [0.717, 1.165) is 17.2 Å². The van der Waals surface area contributed by atoms with Crippen LogP contribution in [0.25, 0.3) is 11.1 Å². The number of nitro benzene ring substituents is 1. The van der Waals surface area contributed by atoms with Gasteiger partial charge in [0.15, 0.2) is 6.10 Å². The minimum atomic E-state index is -1.15. The van der Waals surface area contributed by atoms with Crippen molar-refractivity contribution in [3.05, 3.63) is 88.5 Å². The molecule has 0 radical (unpaired) electrons. The summed E-state index contributed by atoms with van der Waals surface area (Å²) in [5, 5.41) is 13.7. The fraction of sp³-hybridized carbons (Fsp3) is 0.0909. The highest BCUT2D eigenvalue weighted by molar-refractivity contribution is 6.01. The zero-order chi connectivity index (χ0) is 21.7. The Kier molecular flexibility index (Phi) is 6.07. The SMILES string of the molecule is C[C@H](OC(=O)c1cc([N+](=O)[O-])ccc1N)C(=O)Nc1ccccc1-c1ccccc1. The fourth-order valence-corrected chi connectivity index (χ4v) is 2.81. The Labute approximate surface area is 172 Å². The number of carbonyl (C=O) groups is 2. The first-order valence-corrected chi connectivity index (χ1v) is 9.07. The van der Waals surface area contributed by atoms with E-state index in [1.54, 1.807) is 12.1 Å². The van der Waals surface area contributed by atoms with Crippen LogP contribution >= 0.6 is 0 Å². The molecule has 1 amide bonds. The number of nitrogen functional groups attached to an aromatic ring is 1. The molecule has 0 aliphatic heterocycles. The van der Waals surface area contributed by atoms with Gasteiger partial charge in [-0.15, -0.1) is 0 Å². The van der Waals surface area contributed by atoms with Gasteiger partial charge < -0.3 is 15.8 Å². The van der Waals surface area contributed by atoms with Crippen molar-refractivity contribution < 1.29 is 19.2 Å². The Bertz CT molecular complexity index is 1100. The normalized spacial score (nSPS) is 11.4. The molecular weight excluding hydrogens is 386 g/mol. The summed E-state index contributed by atoms with van der Waals surface area (Å²) in [6, 6.07) is 20.2. The maximum Gasteiger partial charge on any atom is 0.341 e. The number of amides is 1. The first kappa shape index (κ1) is 20.5. The molecule has 3 N–H and O–H groups in total. The van der Waals surface area contributed by atoms with Gasteiger partial charge in [-0.1, -0.05) is 48.5 Å². The quantitative estimate of drug-likeness (QED) is 0.276. The summed E-state index contributed by atoms with van der Waals surface area (Å²) >= 11 is 0. The molecule has 152 valence electrons. The van der Waals surface area contributed by atoms with Gasteiger partial charge in [-0.05, 0) is 24.6 Å². The van der Waals surface area contributed by atoms with Gasteiger partial charge in [-0.3, -0.25) is 14.9 Å². The number of esters is 1. The second kappa shape index (κ2) is 8.87. The number of nitro groups is 1. The highest BCUT2D eigenvalue weighted by atomic mass is 16.6. The maximum atomic E-state index is 12.6. The van der Waals surface area contributed by atoms with Crippen LogP contribution < -0.4 is 11.1 Å². The molecule has 0 aliphatic carbocycles. The number of rotatable bonds is 6. The van der Waals surface area contributed by atoms with Crippen molar-refractivity contribution in [2.24, 2.45) is 0 Å². The van der Waals surface area contributed by atoms with Gasteiger partial charge in [-0.25, -0.2) is 4.79 Å². The highest BCUT2D eigenvalue weighted by Crippen LogP contribution is 2.28. The lowest BCUT2D eigenvalue weighted by Gasteiger charge is -2.16. The summed E-state index contributed by atoms with van der Waals surface area (Å²) in [5.74, 6) is -1.47. The number of nitrogens with two attached hydrogens (primary N) is 1. The van der Waals surface area contributed by atoms with Crippen molar-refractivity contribution in [3.63, 3.8) is 0 Å². The van der Waals surface area contributed by atoms with E-state index in [2.05, 4.69) is 5.32 Å². The second-order valence-corrected chi connectivity index (χ2v) is 6.48. The van der Waals surface area contributed by atoms with Crippen molar-refractivity contribution in [2.45, 2.75) is 13.0 Å². The summed E-state index contributed by atoms with van der Waals surface area (Å²) in [7, 11) is 0. The summed E-state index contributed by atoms with van der Waals surface area (Å²) in [6.45, 7) is 1.41. The van der Waals surface area contributed by atoms with Crippen LogP contribution in [0.5, 0.6) is 0 Å². The molecule has 0 fully saturated rings. The molecular formula is C22H19N3O5. The molecule has 0 heterocycles. The smallest absolute Gasteiger partial charge is 0.341 e. The number of nitrogens with one attached hydrogen (secondary N) is 1. The molecule has 0 aromatic heterocycles. The molecule has 3 aromatic rings. The maximum absolute atomic E-state index is 12.6. The van der Waals surface area contributed by atoms with E-state index in [1.807, 2.05) is 42.5 Å². The Morgan fingerprint density at radius 3 is 2.40 bits per heavy atom. The lowest BCUT2D eigenvalue weighted by Crippen LogP contribution is -2.30. The first-order valence-electron chi connectivity index (χ1n) is 9.07. The molecule has 0 saturated heterocycles. The minimum Gasteiger partial charge on any atom is -0.449 e. The van der Waals surface area contributed by atoms with Crippen LogP contribution in [0, 0.1) is 10.1 Å². The molecule has 0 aliphatic rings. The molecule has 0 saturated carbocycles. The Balaban J connectivity index is 1.74. The van der Waals surface area contributed by atoms with Crippen LogP contribution in [0.2, 0.25) is 0 Å². The highest BCUT2D eigenvalue weighted by Gasteiger charge is 2.23. The van der Waals surface area contributed by atoms with Crippen LogP contribution in [0.3, 0.4) is 0 Å². The summed E-state index contributed by atoms with van der Waals surface area (Å²) in [5.41, 5.74) is 7.57. The lowest BCUT2D eigenvalue weighted by molar-refractivity contribution is -0.384. The number of para-hydroxylation sites is 1. The number of nitrogens with zero attached hydrogens (tertiary/aromatic N) is 1. The number of anilines is 2. The van der Waals surface area contributed by atoms with Crippen LogP contribution in [0.4, 0.5) is 17.1 Å². The lowest BCUT2D eigenvalue weighted by atomic mass is 10.0. The Morgan fingerprint density at radius 1 is 1.03 bits per heavy atom. The molecule has 3 aromatic carbocycles. The van der Waals surface area contributed by atoms with Crippen LogP contribution in [0.1, 0.15) is 17.3 Å². The van der Waals surface area contributed by atoms with E-state index in [4.69, 9.17) is 10.5 Å². The molecule has 30 heavy (non-hydrogen) atoms. The molecule has 1 atom stereocenters. The third-order valence-electron chi connectivity index (χ3n) is 4.39. The van der Waals surface area contributed by atoms with Gasteiger partial charge in [0, 0.05) is 29.1 Å². The van der Waals surface area contributed by atoms with Crippen molar-refractivity contribution in [1.82, 2.24) is 0 Å². The van der Waals surface area contributed by atoms with Crippen molar-refractivity contribution in [2.75, 3.05) is 11.1 Å². The molecule has 8 heteroatoms. The summed E-state index contributed by atoms with van der Waals surface area (Å²) < 4.78 is 5.18. The van der Waals surface area contributed by atoms with Crippen LogP contribution in [0.15, 0.2) is 72.8 Å². The topological polar surface area (TPSA) is 125 Å². The van der Waals surface area contributed by atoms with Gasteiger partial charge in [0.05, 0.1) is 10.5 Å². The number of non-ortho nitro benzene ring substituents is 1.